The van der Waals surface area contributed by atoms with Crippen LogP contribution in [-0.4, -0.2) is 11.7 Å². The minimum absolute atomic E-state index is 0.222. The van der Waals surface area contributed by atoms with Crippen LogP contribution in [0.1, 0.15) is 15.9 Å². The smallest absolute Gasteiger partial charge is 0.299 e. The molecule has 0 bridgehead atoms. The summed E-state index contributed by atoms with van der Waals surface area (Å²) in [6.07, 6.45) is 0. The number of Topliss-reactive ketones (excluding diaryl/α,β-unsaturated/α-hetero) is 1. The number of carbonyl (C=O) groups is 2. The van der Waals surface area contributed by atoms with Crippen LogP contribution < -0.4 is 4.90 Å². The first-order valence-electron chi connectivity index (χ1n) is 6.08. The van der Waals surface area contributed by atoms with Crippen LogP contribution in [0, 0.1) is 11.6 Å². The Labute approximate surface area is 127 Å². The third-order valence-corrected chi connectivity index (χ3v) is 3.99. The van der Waals surface area contributed by atoms with Crippen molar-refractivity contribution in [3.8, 4) is 0 Å². The number of halogens is 3. The average molecular weight is 352 g/mol. The number of carbonyl (C=O) groups excluding carboxylic acids is 2. The second-order valence-electron chi connectivity index (χ2n) is 4.55. The molecule has 21 heavy (non-hydrogen) atoms. The van der Waals surface area contributed by atoms with Crippen molar-refractivity contribution in [1.82, 2.24) is 0 Å². The zero-order valence-electron chi connectivity index (χ0n) is 10.6. The Morgan fingerprint density at radius 2 is 1.62 bits per heavy atom. The first-order chi connectivity index (χ1) is 10.0. The molecular formula is C15H8BrF2NO2. The molecule has 0 radical (unpaired) electrons. The third kappa shape index (κ3) is 2.15. The van der Waals surface area contributed by atoms with Gasteiger partial charge in [0.1, 0.15) is 11.6 Å². The molecule has 0 fully saturated rings. The molecule has 2 aromatic rings. The van der Waals surface area contributed by atoms with Crippen LogP contribution >= 0.6 is 15.9 Å². The largest absolute Gasteiger partial charge is 0.300 e. The van der Waals surface area contributed by atoms with Gasteiger partial charge in [-0.3, -0.25) is 9.59 Å². The number of nitrogens with zero attached hydrogens (tertiary/aromatic N) is 1. The van der Waals surface area contributed by atoms with E-state index >= 15 is 0 Å². The van der Waals surface area contributed by atoms with Gasteiger partial charge < -0.3 is 4.90 Å². The second kappa shape index (κ2) is 5.04. The average Bonchev–Trinajstić information content (AvgIpc) is 2.68. The Bertz CT molecular complexity index is 756. The van der Waals surface area contributed by atoms with Gasteiger partial charge in [-0.05, 0) is 40.2 Å². The van der Waals surface area contributed by atoms with Gasteiger partial charge in [-0.15, -0.1) is 0 Å². The second-order valence-corrected chi connectivity index (χ2v) is 5.41. The molecule has 0 aliphatic carbocycles. The molecule has 3 rings (SSSR count). The summed E-state index contributed by atoms with van der Waals surface area (Å²) < 4.78 is 27.9. The summed E-state index contributed by atoms with van der Waals surface area (Å²) in [5.74, 6) is -2.98. The molecule has 0 unspecified atom stereocenters. The minimum Gasteiger partial charge on any atom is -0.300 e. The number of rotatable bonds is 2. The van der Waals surface area contributed by atoms with Gasteiger partial charge >= 0.3 is 0 Å². The summed E-state index contributed by atoms with van der Waals surface area (Å²) >= 11 is 3.21. The Morgan fingerprint density at radius 3 is 2.29 bits per heavy atom. The first-order valence-corrected chi connectivity index (χ1v) is 6.87. The highest BCUT2D eigenvalue weighted by Gasteiger charge is 2.37. The van der Waals surface area contributed by atoms with Crippen molar-refractivity contribution in [1.29, 1.82) is 0 Å². The Kier molecular flexibility index (Phi) is 3.33. The summed E-state index contributed by atoms with van der Waals surface area (Å²) in [7, 11) is 0. The lowest BCUT2D eigenvalue weighted by Gasteiger charge is -2.17. The van der Waals surface area contributed by atoms with Gasteiger partial charge in [0.25, 0.3) is 11.7 Å². The van der Waals surface area contributed by atoms with Crippen LogP contribution in [0.25, 0.3) is 0 Å². The fourth-order valence-electron chi connectivity index (χ4n) is 2.30. The van der Waals surface area contributed by atoms with Crippen LogP contribution in [0.15, 0.2) is 40.9 Å². The van der Waals surface area contributed by atoms with Gasteiger partial charge in [-0.25, -0.2) is 8.78 Å². The maximum atomic E-state index is 13.7. The van der Waals surface area contributed by atoms with Crippen LogP contribution in [0.3, 0.4) is 0 Å². The van der Waals surface area contributed by atoms with Crippen molar-refractivity contribution in [2.75, 3.05) is 4.90 Å². The SMILES string of the molecule is O=C1C(=O)N(Cc2c(F)cccc2F)c2cccc(Br)c21. The summed E-state index contributed by atoms with van der Waals surface area (Å²) in [6, 6.07) is 8.33. The zero-order valence-corrected chi connectivity index (χ0v) is 12.2. The topological polar surface area (TPSA) is 37.4 Å². The molecule has 3 nitrogen and oxygen atoms in total. The third-order valence-electron chi connectivity index (χ3n) is 3.33. The van der Waals surface area contributed by atoms with Crippen molar-refractivity contribution in [3.63, 3.8) is 0 Å². The van der Waals surface area contributed by atoms with E-state index in [2.05, 4.69) is 15.9 Å². The highest BCUT2D eigenvalue weighted by molar-refractivity contribution is 9.10. The predicted octanol–water partition coefficient (Wildman–Crippen LogP) is 3.46. The molecular weight excluding hydrogens is 344 g/mol. The van der Waals surface area contributed by atoms with Crippen molar-refractivity contribution >= 4 is 33.3 Å². The molecule has 0 spiro atoms. The lowest BCUT2D eigenvalue weighted by molar-refractivity contribution is -0.114. The van der Waals surface area contributed by atoms with Gasteiger partial charge in [-0.1, -0.05) is 12.1 Å². The molecule has 6 heteroatoms. The van der Waals surface area contributed by atoms with Gasteiger partial charge in [0.2, 0.25) is 0 Å². The van der Waals surface area contributed by atoms with Crippen LogP contribution in [0.2, 0.25) is 0 Å². The molecule has 0 saturated carbocycles. The maximum absolute atomic E-state index is 13.7. The number of amides is 1. The van der Waals surface area contributed by atoms with Crippen LogP contribution in [0.4, 0.5) is 14.5 Å². The Balaban J connectivity index is 2.07. The molecule has 0 N–H and O–H groups in total. The highest BCUT2D eigenvalue weighted by Crippen LogP contribution is 2.35. The van der Waals surface area contributed by atoms with Crippen molar-refractivity contribution < 1.29 is 18.4 Å². The van der Waals surface area contributed by atoms with E-state index in [0.29, 0.717) is 10.2 Å². The molecule has 0 saturated heterocycles. The van der Waals surface area contributed by atoms with Crippen molar-refractivity contribution in [3.05, 3.63) is 63.6 Å². The number of hydrogen-bond acceptors (Lipinski definition) is 2. The molecule has 1 amide bonds. The van der Waals surface area contributed by atoms with E-state index in [1.165, 1.54) is 6.07 Å². The quantitative estimate of drug-likeness (QED) is 0.777. The predicted molar refractivity (Wildman–Crippen MR) is 76.0 cm³/mol. The standard InChI is InChI=1S/C15H8BrF2NO2/c16-9-3-1-6-12-13(9)14(20)15(21)19(12)7-8-10(17)4-2-5-11(8)18/h1-6H,7H2. The summed E-state index contributed by atoms with van der Waals surface area (Å²) in [4.78, 5) is 25.1. The first kappa shape index (κ1) is 13.9. The molecule has 1 aliphatic heterocycles. The van der Waals surface area contributed by atoms with E-state index in [1.807, 2.05) is 0 Å². The zero-order chi connectivity index (χ0) is 15.1. The molecule has 1 heterocycles. The fraction of sp³-hybridized carbons (Fsp3) is 0.0667. The van der Waals surface area contributed by atoms with Crippen LogP contribution in [-0.2, 0) is 11.3 Å². The molecule has 106 valence electrons. The maximum Gasteiger partial charge on any atom is 0.299 e. The number of fused-ring (bicyclic) bond motifs is 1. The van der Waals surface area contributed by atoms with Gasteiger partial charge in [0.15, 0.2) is 0 Å². The normalized spacial score (nSPS) is 13.8. The lowest BCUT2D eigenvalue weighted by atomic mass is 10.1. The van der Waals surface area contributed by atoms with Crippen molar-refractivity contribution in [2.24, 2.45) is 0 Å². The van der Waals surface area contributed by atoms with E-state index in [-0.39, 0.29) is 17.7 Å². The van der Waals surface area contributed by atoms with Gasteiger partial charge in [-0.2, -0.15) is 0 Å². The number of ketones is 1. The van der Waals surface area contributed by atoms with Gasteiger partial charge in [0, 0.05) is 10.0 Å². The fourth-order valence-corrected chi connectivity index (χ4v) is 2.84. The summed E-state index contributed by atoms with van der Waals surface area (Å²) in [6.45, 7) is -0.327. The number of anilines is 1. The highest BCUT2D eigenvalue weighted by atomic mass is 79.9. The molecule has 0 aromatic heterocycles. The van der Waals surface area contributed by atoms with Crippen LogP contribution in [0.5, 0.6) is 0 Å². The van der Waals surface area contributed by atoms with Crippen molar-refractivity contribution in [2.45, 2.75) is 6.54 Å². The monoisotopic (exact) mass is 351 g/mol. The number of benzene rings is 2. The Hall–Kier alpha value is -2.08. The molecule has 0 atom stereocenters. The summed E-state index contributed by atoms with van der Waals surface area (Å²) in [5.41, 5.74) is 0.327. The van der Waals surface area contributed by atoms with E-state index < -0.39 is 23.3 Å². The van der Waals surface area contributed by atoms with Gasteiger partial charge in [0.05, 0.1) is 17.8 Å². The van der Waals surface area contributed by atoms with E-state index in [4.69, 9.17) is 0 Å². The van der Waals surface area contributed by atoms with E-state index in [0.717, 1.165) is 17.0 Å². The number of hydrogen-bond donors (Lipinski definition) is 0. The molecule has 2 aromatic carbocycles. The lowest BCUT2D eigenvalue weighted by Crippen LogP contribution is -2.30. The molecule has 1 aliphatic rings. The van der Waals surface area contributed by atoms with E-state index in [9.17, 15) is 18.4 Å². The Morgan fingerprint density at radius 1 is 1.00 bits per heavy atom. The minimum atomic E-state index is -0.792. The summed E-state index contributed by atoms with van der Waals surface area (Å²) in [5, 5.41) is 0. The van der Waals surface area contributed by atoms with E-state index in [1.54, 1.807) is 18.2 Å².